The maximum Gasteiger partial charge on any atom is -0.0236 e. The van der Waals surface area contributed by atoms with Crippen LogP contribution in [0.15, 0.2) is 12.7 Å². The quantitative estimate of drug-likeness (QED) is 0.411. The first-order chi connectivity index (χ1) is 9.57. The lowest BCUT2D eigenvalue weighted by Gasteiger charge is -2.27. The van der Waals surface area contributed by atoms with Crippen LogP contribution in [0.2, 0.25) is 0 Å². The third kappa shape index (κ3) is 4.64. The highest BCUT2D eigenvalue weighted by Crippen LogP contribution is 2.46. The van der Waals surface area contributed by atoms with Gasteiger partial charge in [0.1, 0.15) is 0 Å². The van der Waals surface area contributed by atoms with Gasteiger partial charge >= 0.3 is 0 Å². The number of hydrogen-bond acceptors (Lipinski definition) is 0. The first-order valence-corrected chi connectivity index (χ1v) is 9.19. The van der Waals surface area contributed by atoms with E-state index in [0.717, 1.165) is 35.5 Å². The van der Waals surface area contributed by atoms with Crippen LogP contribution in [-0.4, -0.2) is 0 Å². The molecule has 0 amide bonds. The fourth-order valence-electron chi connectivity index (χ4n) is 4.72. The summed E-state index contributed by atoms with van der Waals surface area (Å²) in [5.41, 5.74) is 0. The Hall–Kier alpha value is -0.260. The van der Waals surface area contributed by atoms with Crippen molar-refractivity contribution in [1.82, 2.24) is 0 Å². The minimum absolute atomic E-state index is 0.739. The lowest BCUT2D eigenvalue weighted by atomic mass is 9.78. The second kappa shape index (κ2) is 8.90. The summed E-state index contributed by atoms with van der Waals surface area (Å²) in [6.45, 7) is 16.1. The minimum Gasteiger partial charge on any atom is -0.103 e. The van der Waals surface area contributed by atoms with Gasteiger partial charge in [-0.15, -0.1) is 6.58 Å². The fraction of sp³-hybridized carbons (Fsp3) is 0.900. The van der Waals surface area contributed by atoms with Crippen molar-refractivity contribution in [2.75, 3.05) is 0 Å². The van der Waals surface area contributed by atoms with Crippen LogP contribution < -0.4 is 0 Å². The average molecular weight is 279 g/mol. The van der Waals surface area contributed by atoms with Crippen molar-refractivity contribution < 1.29 is 0 Å². The van der Waals surface area contributed by atoms with Gasteiger partial charge in [0.15, 0.2) is 0 Å². The molecule has 0 aromatic heterocycles. The Morgan fingerprint density at radius 2 is 1.90 bits per heavy atom. The molecule has 0 heteroatoms. The SMILES string of the molecule is C=CC(CC)CC(CCC)CC1CC(C)C(C)C1CC. The maximum atomic E-state index is 4.03. The summed E-state index contributed by atoms with van der Waals surface area (Å²) in [6.07, 6.45) is 11.9. The highest BCUT2D eigenvalue weighted by Gasteiger charge is 2.37. The molecule has 6 atom stereocenters. The topological polar surface area (TPSA) is 0 Å². The van der Waals surface area contributed by atoms with Gasteiger partial charge in [-0.2, -0.15) is 0 Å². The van der Waals surface area contributed by atoms with Gasteiger partial charge in [-0.05, 0) is 61.2 Å². The zero-order valence-electron chi connectivity index (χ0n) is 14.7. The molecule has 0 aromatic carbocycles. The molecule has 1 saturated carbocycles. The molecule has 0 aliphatic heterocycles. The van der Waals surface area contributed by atoms with E-state index in [0.29, 0.717) is 0 Å². The van der Waals surface area contributed by atoms with Crippen LogP contribution in [0.25, 0.3) is 0 Å². The molecule has 0 radical (unpaired) electrons. The van der Waals surface area contributed by atoms with Crippen LogP contribution in [0.3, 0.4) is 0 Å². The molecule has 0 bridgehead atoms. The predicted octanol–water partition coefficient (Wildman–Crippen LogP) is 6.71. The summed E-state index contributed by atoms with van der Waals surface area (Å²) in [4.78, 5) is 0. The minimum atomic E-state index is 0.739. The van der Waals surface area contributed by atoms with E-state index in [1.165, 1.54) is 44.9 Å². The second-order valence-corrected chi connectivity index (χ2v) is 7.43. The van der Waals surface area contributed by atoms with Crippen molar-refractivity contribution in [3.05, 3.63) is 12.7 Å². The molecule has 1 aliphatic rings. The van der Waals surface area contributed by atoms with Crippen molar-refractivity contribution in [2.24, 2.45) is 35.5 Å². The van der Waals surface area contributed by atoms with Gasteiger partial charge < -0.3 is 0 Å². The first-order valence-electron chi connectivity index (χ1n) is 9.19. The Balaban J connectivity index is 2.62. The standard InChI is InChI=1S/C20H38/c1-7-11-18(13-17(8-2)9-3)14-19-12-15(5)16(6)20(19)10-4/h8,15-20H,2,7,9-14H2,1,3-6H3. The predicted molar refractivity (Wildman–Crippen MR) is 91.8 cm³/mol. The molecular weight excluding hydrogens is 240 g/mol. The average Bonchev–Trinajstić information content (AvgIpc) is 2.70. The lowest BCUT2D eigenvalue weighted by molar-refractivity contribution is 0.236. The van der Waals surface area contributed by atoms with Crippen LogP contribution in [-0.2, 0) is 0 Å². The van der Waals surface area contributed by atoms with Crippen LogP contribution in [0.4, 0.5) is 0 Å². The summed E-state index contributed by atoms with van der Waals surface area (Å²) in [7, 11) is 0. The zero-order chi connectivity index (χ0) is 15.1. The Morgan fingerprint density at radius 1 is 1.20 bits per heavy atom. The molecule has 1 aliphatic carbocycles. The van der Waals surface area contributed by atoms with Crippen molar-refractivity contribution in [2.45, 2.75) is 79.6 Å². The van der Waals surface area contributed by atoms with E-state index in [1.807, 2.05) is 0 Å². The Morgan fingerprint density at radius 3 is 2.40 bits per heavy atom. The molecule has 0 saturated heterocycles. The van der Waals surface area contributed by atoms with E-state index >= 15 is 0 Å². The van der Waals surface area contributed by atoms with Gasteiger partial charge in [-0.25, -0.2) is 0 Å². The van der Waals surface area contributed by atoms with E-state index in [4.69, 9.17) is 0 Å². The Kier molecular flexibility index (Phi) is 7.92. The number of rotatable bonds is 9. The molecule has 118 valence electrons. The third-order valence-electron chi connectivity index (χ3n) is 6.15. The third-order valence-corrected chi connectivity index (χ3v) is 6.15. The molecule has 1 fully saturated rings. The normalized spacial score (nSPS) is 33.0. The molecule has 1 rings (SSSR count). The first kappa shape index (κ1) is 17.8. The molecule has 0 nitrogen and oxygen atoms in total. The zero-order valence-corrected chi connectivity index (χ0v) is 14.7. The van der Waals surface area contributed by atoms with Crippen LogP contribution in [0.1, 0.15) is 79.6 Å². The second-order valence-electron chi connectivity index (χ2n) is 7.43. The van der Waals surface area contributed by atoms with E-state index in [2.05, 4.69) is 47.3 Å². The van der Waals surface area contributed by atoms with Gasteiger partial charge in [0.05, 0.1) is 0 Å². The van der Waals surface area contributed by atoms with Gasteiger partial charge in [-0.3, -0.25) is 0 Å². The number of allylic oxidation sites excluding steroid dienone is 1. The Bertz CT molecular complexity index is 267. The van der Waals surface area contributed by atoms with Crippen LogP contribution in [0.5, 0.6) is 0 Å². The lowest BCUT2D eigenvalue weighted by Crippen LogP contribution is -2.18. The largest absolute Gasteiger partial charge is 0.103 e. The fourth-order valence-corrected chi connectivity index (χ4v) is 4.72. The van der Waals surface area contributed by atoms with E-state index in [-0.39, 0.29) is 0 Å². The summed E-state index contributed by atoms with van der Waals surface area (Å²) >= 11 is 0. The van der Waals surface area contributed by atoms with E-state index in [9.17, 15) is 0 Å². The summed E-state index contributed by atoms with van der Waals surface area (Å²) in [6, 6.07) is 0. The van der Waals surface area contributed by atoms with Gasteiger partial charge in [-0.1, -0.05) is 60.0 Å². The van der Waals surface area contributed by atoms with E-state index < -0.39 is 0 Å². The summed E-state index contributed by atoms with van der Waals surface area (Å²) in [5, 5.41) is 0. The molecule has 0 N–H and O–H groups in total. The highest BCUT2D eigenvalue weighted by molar-refractivity contribution is 4.88. The molecular formula is C20H38. The van der Waals surface area contributed by atoms with Crippen molar-refractivity contribution >= 4 is 0 Å². The summed E-state index contributed by atoms with van der Waals surface area (Å²) < 4.78 is 0. The maximum absolute atomic E-state index is 4.03. The van der Waals surface area contributed by atoms with Gasteiger partial charge in [0, 0.05) is 0 Å². The molecule has 20 heavy (non-hydrogen) atoms. The Labute approximate surface area is 128 Å². The van der Waals surface area contributed by atoms with Crippen molar-refractivity contribution in [3.8, 4) is 0 Å². The van der Waals surface area contributed by atoms with Crippen LogP contribution >= 0.6 is 0 Å². The monoisotopic (exact) mass is 278 g/mol. The smallest absolute Gasteiger partial charge is 0.0236 e. The van der Waals surface area contributed by atoms with Gasteiger partial charge in [0.2, 0.25) is 0 Å². The molecule has 0 spiro atoms. The van der Waals surface area contributed by atoms with Gasteiger partial charge in [0.25, 0.3) is 0 Å². The molecule has 6 unspecified atom stereocenters. The number of hydrogen-bond donors (Lipinski definition) is 0. The van der Waals surface area contributed by atoms with E-state index in [1.54, 1.807) is 0 Å². The molecule has 0 heterocycles. The molecule has 0 aromatic rings. The van der Waals surface area contributed by atoms with Crippen LogP contribution in [0, 0.1) is 35.5 Å². The summed E-state index contributed by atoms with van der Waals surface area (Å²) in [5.74, 6) is 5.52. The van der Waals surface area contributed by atoms with Crippen molar-refractivity contribution in [1.29, 1.82) is 0 Å². The van der Waals surface area contributed by atoms with Crippen molar-refractivity contribution in [3.63, 3.8) is 0 Å². The highest BCUT2D eigenvalue weighted by atomic mass is 14.4.